The van der Waals surface area contributed by atoms with Gasteiger partial charge < -0.3 is 14.7 Å². The van der Waals surface area contributed by atoms with E-state index in [2.05, 4.69) is 15.7 Å². The van der Waals surface area contributed by atoms with Crippen molar-refractivity contribution in [2.75, 3.05) is 6.54 Å². The van der Waals surface area contributed by atoms with E-state index in [1.54, 1.807) is 41.5 Å². The van der Waals surface area contributed by atoms with Crippen LogP contribution in [0.15, 0.2) is 10.3 Å². The quantitative estimate of drug-likeness (QED) is 0.440. The molecular weight excluding hydrogens is 334 g/mol. The van der Waals surface area contributed by atoms with Gasteiger partial charge in [-0.15, -0.1) is 5.01 Å². The van der Waals surface area contributed by atoms with Crippen molar-refractivity contribution in [1.82, 2.24) is 15.4 Å². The highest BCUT2D eigenvalue weighted by atomic mass is 16.6. The summed E-state index contributed by atoms with van der Waals surface area (Å²) < 4.78 is 10.1. The fraction of sp³-hybridized carbons (Fsp3) is 0.643. The Morgan fingerprint density at radius 2 is 1.76 bits per heavy atom. The minimum absolute atomic E-state index is 0.0315. The van der Waals surface area contributed by atoms with Crippen molar-refractivity contribution < 1.29 is 29.1 Å². The lowest BCUT2D eigenvalue weighted by atomic mass is 10.2. The monoisotopic (exact) mass is 357 g/mol. The van der Waals surface area contributed by atoms with Crippen molar-refractivity contribution in [3.63, 3.8) is 0 Å². The highest BCUT2D eigenvalue weighted by molar-refractivity contribution is 6.32. The van der Waals surface area contributed by atoms with E-state index in [0.29, 0.717) is 5.01 Å². The smallest absolute Gasteiger partial charge is 0.439 e. The molecule has 0 bridgehead atoms. The van der Waals surface area contributed by atoms with Gasteiger partial charge in [0.1, 0.15) is 16.9 Å². The molecular formula is C14H23N5O6. The summed E-state index contributed by atoms with van der Waals surface area (Å²) in [6.45, 7) is 9.59. The van der Waals surface area contributed by atoms with Crippen LogP contribution < -0.4 is 5.43 Å². The molecule has 0 saturated heterocycles. The van der Waals surface area contributed by atoms with Gasteiger partial charge in [-0.25, -0.2) is 24.8 Å². The summed E-state index contributed by atoms with van der Waals surface area (Å²) in [5.74, 6) is 0. The number of oxime groups is 1. The Labute approximate surface area is 145 Å². The number of urea groups is 1. The Kier molecular flexibility index (Phi) is 5.95. The second-order valence-electron chi connectivity index (χ2n) is 7.11. The number of nitrogens with zero attached hydrogens (tertiary/aromatic N) is 4. The van der Waals surface area contributed by atoms with Gasteiger partial charge in [0.2, 0.25) is 0 Å². The van der Waals surface area contributed by atoms with Crippen molar-refractivity contribution in [1.29, 1.82) is 0 Å². The number of hydrogen-bond donors (Lipinski definition) is 2. The summed E-state index contributed by atoms with van der Waals surface area (Å²) in [6, 6.07) is -0.949. The highest BCUT2D eigenvalue weighted by Gasteiger charge is 2.36. The predicted molar refractivity (Wildman–Crippen MR) is 87.3 cm³/mol. The van der Waals surface area contributed by atoms with Gasteiger partial charge in [0, 0.05) is 0 Å². The number of hydrazine groups is 1. The van der Waals surface area contributed by atoms with Crippen molar-refractivity contribution in [2.24, 2.45) is 10.3 Å². The first-order valence-corrected chi connectivity index (χ1v) is 7.41. The van der Waals surface area contributed by atoms with Crippen molar-refractivity contribution >= 4 is 30.1 Å². The van der Waals surface area contributed by atoms with E-state index in [1.165, 1.54) is 0 Å². The Bertz CT molecular complexity index is 602. The maximum atomic E-state index is 12.4. The van der Waals surface area contributed by atoms with Crippen LogP contribution in [0, 0.1) is 0 Å². The van der Waals surface area contributed by atoms with Crippen LogP contribution in [0.3, 0.4) is 0 Å². The maximum Gasteiger partial charge on any atom is 0.439 e. The zero-order valence-electron chi connectivity index (χ0n) is 15.1. The fourth-order valence-electron chi connectivity index (χ4n) is 1.60. The zero-order valence-corrected chi connectivity index (χ0v) is 15.1. The first kappa shape index (κ1) is 20.2. The number of carbonyl (C=O) groups is 3. The number of carbonyl (C=O) groups excluding carboxylic acids is 3. The summed E-state index contributed by atoms with van der Waals surface area (Å²) in [5, 5.41) is 16.4. The van der Waals surface area contributed by atoms with E-state index in [4.69, 9.17) is 14.7 Å². The normalized spacial score (nSPS) is 15.9. The van der Waals surface area contributed by atoms with Gasteiger partial charge in [-0.3, -0.25) is 0 Å². The molecule has 0 aromatic rings. The molecule has 0 unspecified atom stereocenters. The molecule has 0 aromatic carbocycles. The summed E-state index contributed by atoms with van der Waals surface area (Å²) in [5.41, 5.74) is 0.599. The van der Waals surface area contributed by atoms with Gasteiger partial charge in [0.05, 0.1) is 12.8 Å². The van der Waals surface area contributed by atoms with Crippen LogP contribution in [0.5, 0.6) is 0 Å². The molecule has 0 aliphatic carbocycles. The molecule has 11 nitrogen and oxygen atoms in total. The second-order valence-corrected chi connectivity index (χ2v) is 7.11. The van der Waals surface area contributed by atoms with E-state index in [1.807, 2.05) is 0 Å². The molecule has 1 aliphatic heterocycles. The van der Waals surface area contributed by atoms with Crippen LogP contribution in [0.2, 0.25) is 0 Å². The largest absolute Gasteiger partial charge is 0.443 e. The molecule has 140 valence electrons. The van der Waals surface area contributed by atoms with Crippen molar-refractivity contribution in [2.45, 2.75) is 52.7 Å². The Hall–Kier alpha value is -2.85. The molecule has 0 atom stereocenters. The topological polar surface area (TPSA) is 133 Å². The molecule has 1 heterocycles. The van der Waals surface area contributed by atoms with Gasteiger partial charge in [0.15, 0.2) is 0 Å². The Balaban J connectivity index is 2.99. The highest BCUT2D eigenvalue weighted by Crippen LogP contribution is 2.14. The lowest BCUT2D eigenvalue weighted by Gasteiger charge is -2.32. The lowest BCUT2D eigenvalue weighted by molar-refractivity contribution is 0.0193. The zero-order chi connectivity index (χ0) is 19.4. The molecule has 0 spiro atoms. The second kappa shape index (κ2) is 7.36. The number of hydrogen-bond acceptors (Lipinski definition) is 8. The standard InChI is InChI=1S/C14H23N5O6/c1-13(2,3)24-10(20)17-18-8-9(7-15-23)16-19(11(18)21)12(22)25-14(4,5)6/h7,23H,8H2,1-6H3,(H,17,20)/b15-7+. The molecule has 4 amide bonds. The van der Waals surface area contributed by atoms with E-state index < -0.39 is 29.4 Å². The van der Waals surface area contributed by atoms with E-state index in [0.717, 1.165) is 11.2 Å². The average molecular weight is 357 g/mol. The van der Waals surface area contributed by atoms with Crippen LogP contribution in [-0.2, 0) is 9.47 Å². The molecule has 11 heteroatoms. The maximum absolute atomic E-state index is 12.4. The molecule has 25 heavy (non-hydrogen) atoms. The molecule has 2 N–H and O–H groups in total. The first-order valence-electron chi connectivity index (χ1n) is 7.41. The summed E-state index contributed by atoms with van der Waals surface area (Å²) in [7, 11) is 0. The van der Waals surface area contributed by atoms with E-state index in [9.17, 15) is 14.4 Å². The van der Waals surface area contributed by atoms with E-state index >= 15 is 0 Å². The van der Waals surface area contributed by atoms with Crippen LogP contribution in [0.25, 0.3) is 0 Å². The number of ether oxygens (including phenoxy) is 2. The molecule has 0 radical (unpaired) electrons. The number of imide groups is 1. The van der Waals surface area contributed by atoms with Crippen LogP contribution in [0.1, 0.15) is 41.5 Å². The molecule has 1 rings (SSSR count). The van der Waals surface area contributed by atoms with Gasteiger partial charge in [-0.1, -0.05) is 5.16 Å². The Morgan fingerprint density at radius 1 is 1.20 bits per heavy atom. The predicted octanol–water partition coefficient (Wildman–Crippen LogP) is 1.91. The fourth-order valence-corrected chi connectivity index (χ4v) is 1.60. The third-order valence-electron chi connectivity index (χ3n) is 2.36. The SMILES string of the molecule is CC(C)(C)OC(=O)NN1CC(/C=N/O)=NN(C(=O)OC(C)(C)C)C1=O. The lowest BCUT2D eigenvalue weighted by Crippen LogP contribution is -2.58. The third kappa shape index (κ3) is 6.65. The molecule has 1 aliphatic rings. The number of rotatable bonds is 2. The minimum atomic E-state index is -1.04. The molecule has 0 aromatic heterocycles. The number of amides is 4. The number of hydrazone groups is 1. The average Bonchev–Trinajstić information content (AvgIpc) is 2.38. The van der Waals surface area contributed by atoms with Crippen LogP contribution >= 0.6 is 0 Å². The van der Waals surface area contributed by atoms with Crippen LogP contribution in [-0.4, -0.2) is 63.1 Å². The van der Waals surface area contributed by atoms with E-state index in [-0.39, 0.29) is 12.3 Å². The summed E-state index contributed by atoms with van der Waals surface area (Å²) in [6.07, 6.45) is -1.02. The third-order valence-corrected chi connectivity index (χ3v) is 2.36. The van der Waals surface area contributed by atoms with Gasteiger partial charge in [-0.2, -0.15) is 5.10 Å². The van der Waals surface area contributed by atoms with Crippen molar-refractivity contribution in [3.8, 4) is 0 Å². The molecule has 0 saturated carbocycles. The first-order chi connectivity index (χ1) is 11.3. The molecule has 0 fully saturated rings. The Morgan fingerprint density at radius 3 is 2.24 bits per heavy atom. The van der Waals surface area contributed by atoms with Crippen molar-refractivity contribution in [3.05, 3.63) is 0 Å². The minimum Gasteiger partial charge on any atom is -0.443 e. The summed E-state index contributed by atoms with van der Waals surface area (Å²) in [4.78, 5) is 36.4. The van der Waals surface area contributed by atoms with Crippen LogP contribution in [0.4, 0.5) is 14.4 Å². The van der Waals surface area contributed by atoms with Gasteiger partial charge in [0.25, 0.3) is 0 Å². The van der Waals surface area contributed by atoms with Gasteiger partial charge in [-0.05, 0) is 41.5 Å². The summed E-state index contributed by atoms with van der Waals surface area (Å²) >= 11 is 0. The van der Waals surface area contributed by atoms with Gasteiger partial charge >= 0.3 is 18.2 Å². The number of nitrogens with one attached hydrogen (secondary N) is 1.